The number of hydrogen-bond acceptors (Lipinski definition) is 3. The van der Waals surface area contributed by atoms with E-state index in [4.69, 9.17) is 5.84 Å². The average Bonchev–Trinajstić information content (AvgIpc) is 2.77. The minimum absolute atomic E-state index is 0.0317. The van der Waals surface area contributed by atoms with Gasteiger partial charge in [-0.3, -0.25) is 11.3 Å². The number of hydrogen-bond donors (Lipinski definition) is 2. The van der Waals surface area contributed by atoms with Crippen molar-refractivity contribution >= 4 is 11.3 Å². The highest BCUT2D eigenvalue weighted by Gasteiger charge is 2.14. The number of thiophene rings is 1. The van der Waals surface area contributed by atoms with Gasteiger partial charge in [-0.25, -0.2) is 4.39 Å². The zero-order chi connectivity index (χ0) is 13.1. The molecule has 3 N–H and O–H groups in total. The molecule has 0 bridgehead atoms. The molecule has 1 aromatic carbocycles. The first-order valence-electron chi connectivity index (χ1n) is 5.87. The van der Waals surface area contributed by atoms with Crippen LogP contribution in [0, 0.1) is 19.7 Å². The molecule has 0 aliphatic carbocycles. The fourth-order valence-electron chi connectivity index (χ4n) is 1.96. The molecule has 2 nitrogen and oxygen atoms in total. The fourth-order valence-corrected chi connectivity index (χ4v) is 2.90. The first-order valence-corrected chi connectivity index (χ1v) is 6.69. The Morgan fingerprint density at radius 2 is 2.06 bits per heavy atom. The molecule has 0 radical (unpaired) electrons. The molecule has 1 atom stereocenters. The van der Waals surface area contributed by atoms with E-state index in [1.54, 1.807) is 23.5 Å². The van der Waals surface area contributed by atoms with Gasteiger partial charge in [0.15, 0.2) is 0 Å². The Labute approximate surface area is 111 Å². The summed E-state index contributed by atoms with van der Waals surface area (Å²) < 4.78 is 13.3. The van der Waals surface area contributed by atoms with Crippen LogP contribution in [-0.2, 0) is 6.42 Å². The van der Waals surface area contributed by atoms with Crippen LogP contribution in [0.25, 0.3) is 0 Å². The van der Waals surface area contributed by atoms with Crippen LogP contribution in [0.4, 0.5) is 4.39 Å². The Balaban J connectivity index is 2.22. The molecule has 1 unspecified atom stereocenters. The van der Waals surface area contributed by atoms with Crippen molar-refractivity contribution in [2.75, 3.05) is 0 Å². The summed E-state index contributed by atoms with van der Waals surface area (Å²) in [5.74, 6) is 5.41. The van der Waals surface area contributed by atoms with Crippen molar-refractivity contribution in [3.63, 3.8) is 0 Å². The summed E-state index contributed by atoms with van der Waals surface area (Å²) in [7, 11) is 0. The van der Waals surface area contributed by atoms with Gasteiger partial charge in [-0.15, -0.1) is 11.3 Å². The molecule has 0 aliphatic heterocycles. The third-order valence-electron chi connectivity index (χ3n) is 3.04. The Hall–Kier alpha value is -1.23. The maximum atomic E-state index is 13.3. The van der Waals surface area contributed by atoms with Gasteiger partial charge in [-0.05, 0) is 55.7 Å². The molecular formula is C14H17FN2S. The molecule has 2 aromatic rings. The van der Waals surface area contributed by atoms with E-state index in [-0.39, 0.29) is 11.9 Å². The van der Waals surface area contributed by atoms with Gasteiger partial charge in [-0.2, -0.15) is 0 Å². The predicted octanol–water partition coefficient (Wildman–Crippen LogP) is 3.25. The smallest absolute Gasteiger partial charge is 0.123 e. The molecule has 0 aliphatic rings. The second-order valence-corrected chi connectivity index (χ2v) is 5.76. The highest BCUT2D eigenvalue weighted by Crippen LogP contribution is 2.26. The van der Waals surface area contributed by atoms with Gasteiger partial charge in [0.2, 0.25) is 0 Å². The summed E-state index contributed by atoms with van der Waals surface area (Å²) >= 11 is 1.71. The number of nitrogens with one attached hydrogen (secondary N) is 1. The Bertz CT molecular complexity index is 536. The normalized spacial score (nSPS) is 12.7. The lowest BCUT2D eigenvalue weighted by Gasteiger charge is -2.16. The lowest BCUT2D eigenvalue weighted by Crippen LogP contribution is -2.29. The monoisotopic (exact) mass is 264 g/mol. The highest BCUT2D eigenvalue weighted by atomic mass is 32.1. The maximum absolute atomic E-state index is 13.3. The van der Waals surface area contributed by atoms with E-state index in [2.05, 4.69) is 24.5 Å². The number of benzene rings is 1. The van der Waals surface area contributed by atoms with Gasteiger partial charge in [-0.1, -0.05) is 6.07 Å². The van der Waals surface area contributed by atoms with Crippen molar-refractivity contribution in [2.45, 2.75) is 26.3 Å². The van der Waals surface area contributed by atoms with E-state index in [1.807, 2.05) is 6.92 Å². The Kier molecular flexibility index (Phi) is 4.11. The molecule has 0 saturated carbocycles. The first kappa shape index (κ1) is 13.2. The van der Waals surface area contributed by atoms with E-state index in [1.165, 1.54) is 15.8 Å². The van der Waals surface area contributed by atoms with E-state index in [0.717, 1.165) is 11.1 Å². The summed E-state index contributed by atoms with van der Waals surface area (Å²) in [6.45, 7) is 4.05. The minimum Gasteiger partial charge on any atom is -0.271 e. The molecule has 4 heteroatoms. The lowest BCUT2D eigenvalue weighted by molar-refractivity contribution is 0.555. The average molecular weight is 264 g/mol. The van der Waals surface area contributed by atoms with Crippen LogP contribution in [-0.4, -0.2) is 0 Å². The van der Waals surface area contributed by atoms with Crippen molar-refractivity contribution < 1.29 is 4.39 Å². The molecule has 1 heterocycles. The van der Waals surface area contributed by atoms with Crippen molar-refractivity contribution in [3.05, 3.63) is 57.0 Å². The zero-order valence-electron chi connectivity index (χ0n) is 10.5. The van der Waals surface area contributed by atoms with Gasteiger partial charge in [0, 0.05) is 9.75 Å². The van der Waals surface area contributed by atoms with Crippen molar-refractivity contribution in [1.29, 1.82) is 0 Å². The summed E-state index contributed by atoms with van der Waals surface area (Å²) in [6.07, 6.45) is 0.694. The number of halogens is 1. The largest absolute Gasteiger partial charge is 0.271 e. The first-order chi connectivity index (χ1) is 8.60. The zero-order valence-corrected chi connectivity index (χ0v) is 11.4. The van der Waals surface area contributed by atoms with Crippen LogP contribution in [0.1, 0.15) is 26.9 Å². The van der Waals surface area contributed by atoms with Gasteiger partial charge < -0.3 is 0 Å². The molecule has 2 rings (SSSR count). The van der Waals surface area contributed by atoms with Crippen LogP contribution < -0.4 is 11.3 Å². The van der Waals surface area contributed by atoms with Crippen LogP contribution in [0.2, 0.25) is 0 Å². The van der Waals surface area contributed by atoms with E-state index in [9.17, 15) is 4.39 Å². The SMILES string of the molecule is Cc1ccc(C(Cc2cc(F)ccc2C)NN)s1. The molecule has 0 spiro atoms. The lowest BCUT2D eigenvalue weighted by atomic mass is 10.0. The molecule has 96 valence electrons. The molecule has 0 amide bonds. The Morgan fingerprint density at radius 1 is 1.28 bits per heavy atom. The van der Waals surface area contributed by atoms with Crippen molar-refractivity contribution in [1.82, 2.24) is 5.43 Å². The summed E-state index contributed by atoms with van der Waals surface area (Å²) in [5, 5.41) is 0. The third kappa shape index (κ3) is 2.96. The number of nitrogens with two attached hydrogens (primary N) is 1. The minimum atomic E-state index is -0.200. The van der Waals surface area contributed by atoms with Crippen LogP contribution in [0.5, 0.6) is 0 Å². The van der Waals surface area contributed by atoms with Gasteiger partial charge >= 0.3 is 0 Å². The number of rotatable bonds is 4. The quantitative estimate of drug-likeness (QED) is 0.657. The molecular weight excluding hydrogens is 247 g/mol. The van der Waals surface area contributed by atoms with Gasteiger partial charge in [0.25, 0.3) is 0 Å². The highest BCUT2D eigenvalue weighted by molar-refractivity contribution is 7.12. The summed E-state index contributed by atoms with van der Waals surface area (Å²) in [5.41, 5.74) is 4.89. The van der Waals surface area contributed by atoms with E-state index < -0.39 is 0 Å². The fraction of sp³-hybridized carbons (Fsp3) is 0.286. The molecule has 18 heavy (non-hydrogen) atoms. The number of aryl methyl sites for hydroxylation is 2. The topological polar surface area (TPSA) is 38.0 Å². The third-order valence-corrected chi connectivity index (χ3v) is 4.16. The second-order valence-electron chi connectivity index (χ2n) is 4.44. The Morgan fingerprint density at radius 3 is 2.67 bits per heavy atom. The van der Waals surface area contributed by atoms with Crippen LogP contribution >= 0.6 is 11.3 Å². The molecule has 1 aromatic heterocycles. The van der Waals surface area contributed by atoms with Crippen molar-refractivity contribution in [2.24, 2.45) is 5.84 Å². The van der Waals surface area contributed by atoms with E-state index >= 15 is 0 Å². The van der Waals surface area contributed by atoms with E-state index in [0.29, 0.717) is 6.42 Å². The van der Waals surface area contributed by atoms with Gasteiger partial charge in [0.05, 0.1) is 6.04 Å². The molecule has 0 saturated heterocycles. The summed E-state index contributed by atoms with van der Waals surface area (Å²) in [4.78, 5) is 2.43. The van der Waals surface area contributed by atoms with Crippen molar-refractivity contribution in [3.8, 4) is 0 Å². The second kappa shape index (κ2) is 5.61. The van der Waals surface area contributed by atoms with Gasteiger partial charge in [0.1, 0.15) is 5.82 Å². The predicted molar refractivity (Wildman–Crippen MR) is 74.0 cm³/mol. The van der Waals surface area contributed by atoms with Crippen LogP contribution in [0.15, 0.2) is 30.3 Å². The van der Waals surface area contributed by atoms with Crippen LogP contribution in [0.3, 0.4) is 0 Å². The maximum Gasteiger partial charge on any atom is 0.123 e. The standard InChI is InChI=1S/C14H17FN2S/c1-9-3-5-12(15)7-11(9)8-13(17-16)14-6-4-10(2)18-14/h3-7,13,17H,8,16H2,1-2H3. The number of hydrazine groups is 1. The molecule has 0 fully saturated rings. The summed E-state index contributed by atoms with van der Waals surface area (Å²) in [6, 6.07) is 9.04.